The number of hydrogen-bond acceptors (Lipinski definition) is 1. The van der Waals surface area contributed by atoms with Gasteiger partial charge in [0.1, 0.15) is 0 Å². The Morgan fingerprint density at radius 3 is 1.55 bits per heavy atom. The summed E-state index contributed by atoms with van der Waals surface area (Å²) in [5, 5.41) is 20.1. The number of alkyl halides is 1. The van der Waals surface area contributed by atoms with Gasteiger partial charge in [0.25, 0.3) is 0 Å². The van der Waals surface area contributed by atoms with Gasteiger partial charge in [0.05, 0.1) is 26.0 Å². The molecule has 3 nitrogen and oxygen atoms in total. The molecule has 0 spiro atoms. The van der Waals surface area contributed by atoms with Crippen LogP contribution in [-0.2, 0) is 0 Å². The van der Waals surface area contributed by atoms with Gasteiger partial charge in [0.2, 0.25) is 0 Å². The van der Waals surface area contributed by atoms with Crippen molar-refractivity contribution < 1.29 is 0 Å². The third kappa shape index (κ3) is 5.41. The standard InChI is InChI=1S/C61H38IN3/c62-51(44-30-40-24-20-36-10-8-11-37-21-25-41(31-44)58(40)56(36)37)34-47(35-52(63)45-32-42-26-22-38-12-9-13-39-23-27-43(33-45)59(42)57(38)39)65-53-18-6-4-16-48(53)49-28-29-55-60(61(49)65)50-17-5-7-19-54(50)64(55)46-14-2-1-3-15-46/h1-35,51H,63H2/b47-34+,52-35-. The molecule has 0 radical (unpaired) electrons. The van der Waals surface area contributed by atoms with Gasteiger partial charge in [-0.15, -0.1) is 0 Å². The number of aromatic nitrogens is 2. The van der Waals surface area contributed by atoms with Gasteiger partial charge < -0.3 is 14.9 Å². The number of para-hydroxylation sites is 3. The van der Waals surface area contributed by atoms with Gasteiger partial charge in [-0.05, 0) is 143 Å². The van der Waals surface area contributed by atoms with E-state index >= 15 is 0 Å². The van der Waals surface area contributed by atoms with Crippen LogP contribution in [0.3, 0.4) is 0 Å². The first-order chi connectivity index (χ1) is 32.1. The summed E-state index contributed by atoms with van der Waals surface area (Å²) >= 11 is 2.64. The molecule has 0 amide bonds. The number of fused-ring (bicyclic) bond motifs is 7. The first-order valence-corrected chi connectivity index (χ1v) is 23.5. The molecule has 304 valence electrons. The summed E-state index contributed by atoms with van der Waals surface area (Å²) < 4.78 is 4.90. The second-order valence-corrected chi connectivity index (χ2v) is 18.9. The van der Waals surface area contributed by atoms with E-state index in [-0.39, 0.29) is 3.92 Å². The summed E-state index contributed by atoms with van der Waals surface area (Å²) in [6, 6.07) is 73.6. The quantitative estimate of drug-likeness (QED) is 0.0767. The Morgan fingerprint density at radius 2 is 0.938 bits per heavy atom. The summed E-state index contributed by atoms with van der Waals surface area (Å²) in [5.74, 6) is 0. The Kier molecular flexibility index (Phi) is 7.87. The summed E-state index contributed by atoms with van der Waals surface area (Å²) in [6.07, 6.45) is 4.65. The van der Waals surface area contributed by atoms with Crippen molar-refractivity contribution in [2.24, 2.45) is 5.73 Å². The van der Waals surface area contributed by atoms with Crippen molar-refractivity contribution in [1.82, 2.24) is 9.13 Å². The summed E-state index contributed by atoms with van der Waals surface area (Å²) in [5.41, 5.74) is 17.2. The first-order valence-electron chi connectivity index (χ1n) is 22.3. The number of halogens is 1. The topological polar surface area (TPSA) is 35.9 Å². The van der Waals surface area contributed by atoms with Crippen LogP contribution in [0.5, 0.6) is 0 Å². The molecule has 0 saturated carbocycles. The van der Waals surface area contributed by atoms with E-state index in [4.69, 9.17) is 5.73 Å². The highest BCUT2D eigenvalue weighted by molar-refractivity contribution is 14.1. The zero-order chi connectivity index (χ0) is 42.9. The van der Waals surface area contributed by atoms with Crippen LogP contribution in [0.1, 0.15) is 15.1 Å². The van der Waals surface area contributed by atoms with E-state index in [0.717, 1.165) is 28.0 Å². The van der Waals surface area contributed by atoms with E-state index in [2.05, 4.69) is 244 Å². The lowest BCUT2D eigenvalue weighted by atomic mass is 9.92. The van der Waals surface area contributed by atoms with Crippen LogP contribution in [0.2, 0.25) is 0 Å². The monoisotopic (exact) mass is 939 g/mol. The zero-order valence-corrected chi connectivity index (χ0v) is 37.3. The molecule has 0 saturated heterocycles. The van der Waals surface area contributed by atoms with E-state index in [9.17, 15) is 0 Å². The molecule has 14 aromatic rings. The molecular weight excluding hydrogens is 902 g/mol. The third-order valence-corrected chi connectivity index (χ3v) is 15.0. The average Bonchev–Trinajstić information content (AvgIpc) is 3.88. The SMILES string of the molecule is N/C(=C\C(=C/C(I)c1cc2ccc3cccc4ccc(c1)c2c34)n1c2ccccc2c2ccc3c(c4ccccc4n3-c3ccccc3)c21)c1cc2ccc3cccc4ccc(c1)c2c34. The van der Waals surface area contributed by atoms with Crippen LogP contribution in [0, 0.1) is 0 Å². The fourth-order valence-electron chi connectivity index (χ4n) is 11.2. The fraction of sp³-hybridized carbons (Fsp3) is 0.0164. The van der Waals surface area contributed by atoms with Gasteiger partial charge in [-0.25, -0.2) is 0 Å². The lowest BCUT2D eigenvalue weighted by Gasteiger charge is -2.17. The number of hydrogen-bond donors (Lipinski definition) is 1. The van der Waals surface area contributed by atoms with Crippen molar-refractivity contribution in [3.05, 3.63) is 223 Å². The molecule has 1 atom stereocenters. The highest BCUT2D eigenvalue weighted by atomic mass is 127. The molecule has 14 rings (SSSR count). The van der Waals surface area contributed by atoms with Crippen LogP contribution < -0.4 is 5.73 Å². The van der Waals surface area contributed by atoms with Crippen LogP contribution in [0.15, 0.2) is 212 Å². The van der Waals surface area contributed by atoms with Gasteiger partial charge in [-0.2, -0.15) is 0 Å². The number of benzene rings is 12. The van der Waals surface area contributed by atoms with Crippen molar-refractivity contribution in [3.8, 4) is 5.69 Å². The Hall–Kier alpha value is -7.67. The third-order valence-electron chi connectivity index (χ3n) is 14.0. The molecule has 0 fully saturated rings. The highest BCUT2D eigenvalue weighted by Gasteiger charge is 2.23. The zero-order valence-electron chi connectivity index (χ0n) is 35.1. The summed E-state index contributed by atoms with van der Waals surface area (Å²) in [6.45, 7) is 0. The molecule has 2 N–H and O–H groups in total. The molecule has 4 heteroatoms. The van der Waals surface area contributed by atoms with Gasteiger partial charge in [0, 0.05) is 38.6 Å². The molecule has 2 aromatic heterocycles. The first kappa shape index (κ1) is 36.8. The van der Waals surface area contributed by atoms with E-state index in [1.54, 1.807) is 0 Å². The van der Waals surface area contributed by atoms with Crippen LogP contribution >= 0.6 is 22.6 Å². The number of nitrogens with two attached hydrogens (primary N) is 1. The second-order valence-electron chi connectivity index (χ2n) is 17.5. The van der Waals surface area contributed by atoms with Gasteiger partial charge in [0.15, 0.2) is 0 Å². The van der Waals surface area contributed by atoms with Crippen molar-refractivity contribution in [2.45, 2.75) is 3.92 Å². The largest absolute Gasteiger partial charge is 0.398 e. The Morgan fingerprint density at radius 1 is 0.431 bits per heavy atom. The lowest BCUT2D eigenvalue weighted by Crippen LogP contribution is -2.03. The second kappa shape index (κ2) is 13.9. The molecule has 12 aromatic carbocycles. The van der Waals surface area contributed by atoms with Crippen LogP contribution in [0.4, 0.5) is 0 Å². The minimum absolute atomic E-state index is 0.000114. The van der Waals surface area contributed by atoms with Crippen molar-refractivity contribution >= 4 is 142 Å². The predicted molar refractivity (Wildman–Crippen MR) is 287 cm³/mol. The maximum atomic E-state index is 7.48. The summed E-state index contributed by atoms with van der Waals surface area (Å²) in [4.78, 5) is 0. The van der Waals surface area contributed by atoms with Crippen LogP contribution in [-0.4, -0.2) is 9.13 Å². The van der Waals surface area contributed by atoms with Crippen LogP contribution in [0.25, 0.3) is 125 Å². The molecular formula is C61H38IN3. The smallest absolute Gasteiger partial charge is 0.0641 e. The van der Waals surface area contributed by atoms with E-state index in [1.807, 2.05) is 0 Å². The molecule has 1 unspecified atom stereocenters. The van der Waals surface area contributed by atoms with Gasteiger partial charge >= 0.3 is 0 Å². The van der Waals surface area contributed by atoms with Gasteiger partial charge in [-0.3, -0.25) is 0 Å². The average molecular weight is 940 g/mol. The lowest BCUT2D eigenvalue weighted by molar-refractivity contribution is 1.18. The molecule has 0 aliphatic heterocycles. The Bertz CT molecular complexity index is 4190. The minimum atomic E-state index is 0.000114. The normalized spacial score (nSPS) is 13.5. The minimum Gasteiger partial charge on any atom is -0.398 e. The highest BCUT2D eigenvalue weighted by Crippen LogP contribution is 2.45. The molecule has 0 aliphatic rings. The maximum absolute atomic E-state index is 7.48. The van der Waals surface area contributed by atoms with Crippen molar-refractivity contribution in [1.29, 1.82) is 0 Å². The van der Waals surface area contributed by atoms with Crippen molar-refractivity contribution in [2.75, 3.05) is 0 Å². The van der Waals surface area contributed by atoms with E-state index in [1.165, 1.54) is 103 Å². The molecule has 0 bridgehead atoms. The molecule has 65 heavy (non-hydrogen) atoms. The Labute approximate surface area is 387 Å². The number of rotatable bonds is 6. The fourth-order valence-corrected chi connectivity index (χ4v) is 11.9. The maximum Gasteiger partial charge on any atom is 0.0641 e. The van der Waals surface area contributed by atoms with Gasteiger partial charge in [-0.1, -0.05) is 168 Å². The van der Waals surface area contributed by atoms with E-state index in [0.29, 0.717) is 5.70 Å². The molecule has 0 aliphatic carbocycles. The predicted octanol–water partition coefficient (Wildman–Crippen LogP) is 16.7. The summed E-state index contributed by atoms with van der Waals surface area (Å²) in [7, 11) is 0. The molecule has 2 heterocycles. The number of allylic oxidation sites excluding steroid dienone is 3. The Balaban J connectivity index is 1.06. The number of nitrogens with zero attached hydrogens (tertiary/aromatic N) is 2. The van der Waals surface area contributed by atoms with Crippen molar-refractivity contribution in [3.63, 3.8) is 0 Å². The van der Waals surface area contributed by atoms with E-state index < -0.39 is 0 Å².